The van der Waals surface area contributed by atoms with E-state index in [9.17, 15) is 32.5 Å². The summed E-state index contributed by atoms with van der Waals surface area (Å²) in [6.45, 7) is 0. The second-order valence-electron chi connectivity index (χ2n) is 9.06. The summed E-state index contributed by atoms with van der Waals surface area (Å²) in [5.74, 6) is -2.93. The van der Waals surface area contributed by atoms with E-state index in [0.29, 0.717) is 11.4 Å². The molecule has 0 spiro atoms. The van der Waals surface area contributed by atoms with Crippen LogP contribution in [0.3, 0.4) is 0 Å². The zero-order valence-electron chi connectivity index (χ0n) is 23.4. The number of carbonyl (C=O) groups is 3. The molecule has 15 heteroatoms. The van der Waals surface area contributed by atoms with E-state index in [4.69, 9.17) is 5.41 Å². The summed E-state index contributed by atoms with van der Waals surface area (Å²) in [5.41, 5.74) is 11.8. The van der Waals surface area contributed by atoms with Crippen LogP contribution in [0.15, 0.2) is 123 Å². The van der Waals surface area contributed by atoms with E-state index in [1.54, 1.807) is 24.3 Å². The Balaban J connectivity index is 0.00000264. The van der Waals surface area contributed by atoms with Gasteiger partial charge in [0.25, 0.3) is 0 Å². The summed E-state index contributed by atoms with van der Waals surface area (Å²) in [5, 5.41) is 23.3. The Hall–Kier alpha value is -3.66. The number of aliphatic carboxylic acids is 1. The van der Waals surface area contributed by atoms with E-state index in [2.05, 4.69) is 21.4 Å². The van der Waals surface area contributed by atoms with Crippen molar-refractivity contribution in [2.45, 2.75) is 0 Å². The summed E-state index contributed by atoms with van der Waals surface area (Å²) >= 11 is 0. The normalized spacial score (nSPS) is 16.6. The molecule has 210 valence electrons. The van der Waals surface area contributed by atoms with Crippen LogP contribution in [-0.2, 0) is 24.5 Å². The fourth-order valence-electron chi connectivity index (χ4n) is 4.17. The van der Waals surface area contributed by atoms with E-state index < -0.39 is 38.1 Å². The number of carbonyl (C=O) groups excluding carboxylic acids is 3. The third-order valence-corrected chi connectivity index (χ3v) is 7.09. The maximum atomic E-state index is 12.6. The fraction of sp³-hybridized carbons (Fsp3) is 0. The number of hydrogen-bond acceptors (Lipinski definition) is 12. The smallest absolute Gasteiger partial charge is 0.744 e. The Morgan fingerprint density at radius 1 is 0.773 bits per heavy atom. The van der Waals surface area contributed by atoms with Crippen LogP contribution in [0.2, 0.25) is 0 Å². The van der Waals surface area contributed by atoms with Gasteiger partial charge in [0.05, 0.1) is 44.9 Å². The van der Waals surface area contributed by atoms with Gasteiger partial charge in [0.1, 0.15) is 10.1 Å². The molecular weight excluding hydrogens is 608 g/mol. The van der Waals surface area contributed by atoms with E-state index in [-0.39, 0.29) is 87.4 Å². The number of carboxylic acids is 1. The largest absolute Gasteiger partial charge is 1.00 e. The number of nitrogens with one attached hydrogen (secondary N) is 4. The van der Waals surface area contributed by atoms with Gasteiger partial charge in [-0.2, -0.15) is 5.10 Å². The molecule has 0 saturated heterocycles. The van der Waals surface area contributed by atoms with Crippen molar-refractivity contribution >= 4 is 50.5 Å². The zero-order chi connectivity index (χ0) is 30.0. The molecule has 0 bridgehead atoms. The van der Waals surface area contributed by atoms with Crippen LogP contribution in [-0.4, -0.2) is 41.9 Å². The number of hydrazine groups is 1. The van der Waals surface area contributed by atoms with Gasteiger partial charge >= 0.3 is 59.1 Å². The van der Waals surface area contributed by atoms with Crippen molar-refractivity contribution in [3.05, 3.63) is 118 Å². The minimum atomic E-state index is -4.81. The molecule has 4 N–H and O–H groups in total. The van der Waals surface area contributed by atoms with E-state index in [1.807, 2.05) is 24.3 Å². The van der Waals surface area contributed by atoms with Gasteiger partial charge < -0.3 is 19.9 Å². The van der Waals surface area contributed by atoms with E-state index in [0.717, 1.165) is 35.4 Å². The Morgan fingerprint density at radius 2 is 1.39 bits per heavy atom. The summed E-state index contributed by atoms with van der Waals surface area (Å²) in [4.78, 5) is 34.6. The van der Waals surface area contributed by atoms with Crippen molar-refractivity contribution in [1.82, 2.24) is 5.43 Å². The SMILES string of the molecule is N=C1C=CC2=CC(S(=O)(=O)[O-])=CC(=O)C2=C1NNc1ccc(-c2ccc(N/N=C3\C=CC(=O)C(C(=O)[O-])=C3)cc2)cc1.[Na+].[Na+]. The van der Waals surface area contributed by atoms with Crippen LogP contribution >= 0.6 is 0 Å². The quantitative estimate of drug-likeness (QED) is 0.0728. The zero-order valence-corrected chi connectivity index (χ0v) is 28.2. The maximum absolute atomic E-state index is 12.6. The standard InChI is InChI=1S/C29H21N5O7S.2Na/c30-24-11-5-18-13-22(42(39,40)41)15-26(36)27(18)28(24)34-32-20-8-3-17(4-9-20)16-1-6-19(7-2-16)31-33-21-10-12-25(35)23(14-21)29(37)38;;/h1-15,30-32,34H,(H,37,38)(H,39,40,41);;/q;2*+1/p-2/b30-24?,33-21+;;. The number of allylic oxidation sites excluding steroid dienone is 9. The number of carboxylic acid groups (broad SMARTS) is 1. The van der Waals surface area contributed by atoms with Gasteiger partial charge in [-0.1, -0.05) is 30.3 Å². The van der Waals surface area contributed by atoms with Crippen molar-refractivity contribution in [1.29, 1.82) is 5.41 Å². The molecule has 44 heavy (non-hydrogen) atoms. The molecule has 0 heterocycles. The predicted octanol–water partition coefficient (Wildman–Crippen LogP) is -4.36. The number of fused-ring (bicyclic) bond motifs is 1. The van der Waals surface area contributed by atoms with Crippen LogP contribution in [0.5, 0.6) is 0 Å². The van der Waals surface area contributed by atoms with Gasteiger partial charge in [0.15, 0.2) is 11.6 Å². The molecule has 2 aromatic carbocycles. The van der Waals surface area contributed by atoms with E-state index in [1.165, 1.54) is 18.2 Å². The van der Waals surface area contributed by atoms with Crippen LogP contribution in [0.25, 0.3) is 11.1 Å². The molecule has 12 nitrogen and oxygen atoms in total. The number of benzene rings is 2. The molecule has 2 aromatic rings. The molecule has 0 amide bonds. The van der Waals surface area contributed by atoms with Crippen molar-refractivity contribution in [2.75, 3.05) is 10.9 Å². The second-order valence-corrected chi connectivity index (χ2v) is 10.4. The van der Waals surface area contributed by atoms with Gasteiger partial charge in [-0.15, -0.1) is 0 Å². The minimum Gasteiger partial charge on any atom is -0.744 e. The van der Waals surface area contributed by atoms with Crippen molar-refractivity contribution in [3.8, 4) is 11.1 Å². The third kappa shape index (κ3) is 7.88. The summed E-state index contributed by atoms with van der Waals surface area (Å²) in [6.07, 6.45) is 8.27. The maximum Gasteiger partial charge on any atom is 1.00 e. The van der Waals surface area contributed by atoms with Crippen LogP contribution < -0.4 is 80.5 Å². The first-order chi connectivity index (χ1) is 20.0. The van der Waals surface area contributed by atoms with Gasteiger partial charge in [0, 0.05) is 11.6 Å². The first-order valence-electron chi connectivity index (χ1n) is 12.2. The number of hydrazone groups is 1. The first kappa shape index (κ1) is 34.8. The summed E-state index contributed by atoms with van der Waals surface area (Å²) in [7, 11) is -4.81. The van der Waals surface area contributed by atoms with Crippen LogP contribution in [0.1, 0.15) is 0 Å². The number of hydrogen-bond donors (Lipinski definition) is 4. The van der Waals surface area contributed by atoms with Crippen molar-refractivity contribution < 1.29 is 91.6 Å². The van der Waals surface area contributed by atoms with Gasteiger partial charge in [0.2, 0.25) is 0 Å². The van der Waals surface area contributed by atoms with Gasteiger partial charge in [-0.25, -0.2) is 8.42 Å². The second kappa shape index (κ2) is 14.4. The average Bonchev–Trinajstić information content (AvgIpc) is 2.96. The van der Waals surface area contributed by atoms with Crippen LogP contribution in [0, 0.1) is 5.41 Å². The molecule has 3 aliphatic rings. The monoisotopic (exact) mass is 627 g/mol. The Labute approximate surface area is 295 Å². The van der Waals surface area contributed by atoms with Crippen molar-refractivity contribution in [2.24, 2.45) is 5.10 Å². The topological polar surface area (TPSA) is 204 Å². The van der Waals surface area contributed by atoms with Crippen molar-refractivity contribution in [3.63, 3.8) is 0 Å². The molecule has 0 aliphatic heterocycles. The third-order valence-electron chi connectivity index (χ3n) is 6.28. The molecule has 0 aromatic heterocycles. The molecular formula is C29H19N5Na2O7S. The number of rotatable bonds is 8. The summed E-state index contributed by atoms with van der Waals surface area (Å²) < 4.78 is 34.1. The summed E-state index contributed by atoms with van der Waals surface area (Å²) in [6, 6.07) is 14.5. The predicted molar refractivity (Wildman–Crippen MR) is 152 cm³/mol. The molecule has 0 fully saturated rings. The molecule has 3 aliphatic carbocycles. The Kier molecular flexibility index (Phi) is 11.4. The average molecular weight is 628 g/mol. The van der Waals surface area contributed by atoms with E-state index >= 15 is 0 Å². The molecule has 0 unspecified atom stereocenters. The van der Waals surface area contributed by atoms with Gasteiger partial charge in [-0.3, -0.25) is 25.8 Å². The Bertz CT molecular complexity index is 1890. The van der Waals surface area contributed by atoms with Crippen LogP contribution in [0.4, 0.5) is 11.4 Å². The molecule has 5 rings (SSSR count). The number of nitrogens with zero attached hydrogens (tertiary/aromatic N) is 1. The molecule has 0 atom stereocenters. The van der Waals surface area contributed by atoms with Gasteiger partial charge in [-0.05, 0) is 71.3 Å². The molecule has 0 saturated carbocycles. The first-order valence-corrected chi connectivity index (χ1v) is 13.6. The molecule has 0 radical (unpaired) electrons. The minimum absolute atomic E-state index is 0. The number of ketones is 2. The Morgan fingerprint density at radius 3 is 1.98 bits per heavy atom. The fourth-order valence-corrected chi connectivity index (χ4v) is 4.69. The number of anilines is 2.